The quantitative estimate of drug-likeness (QED) is 0.811. The summed E-state index contributed by atoms with van der Waals surface area (Å²) in [6.07, 6.45) is 2.11. The van der Waals surface area contributed by atoms with E-state index in [9.17, 15) is 9.90 Å². The number of aromatic nitrogens is 1. The van der Waals surface area contributed by atoms with Gasteiger partial charge in [0, 0.05) is 24.2 Å². The van der Waals surface area contributed by atoms with Crippen molar-refractivity contribution in [1.29, 1.82) is 0 Å². The molecule has 0 radical (unpaired) electrons. The number of benzene rings is 1. The van der Waals surface area contributed by atoms with Crippen molar-refractivity contribution in [3.63, 3.8) is 0 Å². The monoisotopic (exact) mass is 217 g/mol. The predicted octanol–water partition coefficient (Wildman–Crippen LogP) is 1.22. The van der Waals surface area contributed by atoms with Crippen LogP contribution in [0.25, 0.3) is 10.8 Å². The second-order valence-electron chi connectivity index (χ2n) is 3.57. The van der Waals surface area contributed by atoms with E-state index in [1.807, 2.05) is 24.3 Å². The summed E-state index contributed by atoms with van der Waals surface area (Å²) in [6, 6.07) is 7.36. The van der Waals surface area contributed by atoms with Crippen molar-refractivity contribution in [2.24, 2.45) is 0 Å². The summed E-state index contributed by atoms with van der Waals surface area (Å²) < 4.78 is 0. The lowest BCUT2D eigenvalue weighted by atomic mass is 10.0. The molecule has 1 heterocycles. The van der Waals surface area contributed by atoms with Crippen LogP contribution >= 0.6 is 0 Å². The highest BCUT2D eigenvalue weighted by atomic mass is 16.4. The average molecular weight is 217 g/mol. The molecule has 16 heavy (non-hydrogen) atoms. The van der Waals surface area contributed by atoms with Crippen molar-refractivity contribution in [3.8, 4) is 0 Å². The summed E-state index contributed by atoms with van der Waals surface area (Å²) >= 11 is 0. The summed E-state index contributed by atoms with van der Waals surface area (Å²) in [6.45, 7) is 0. The van der Waals surface area contributed by atoms with E-state index in [-0.39, 0.29) is 6.42 Å². The Morgan fingerprint density at radius 3 is 2.94 bits per heavy atom. The summed E-state index contributed by atoms with van der Waals surface area (Å²) in [4.78, 5) is 14.6. The number of rotatable bonds is 3. The van der Waals surface area contributed by atoms with Gasteiger partial charge >= 0.3 is 5.97 Å². The van der Waals surface area contributed by atoms with E-state index in [4.69, 9.17) is 5.11 Å². The lowest BCUT2D eigenvalue weighted by Crippen LogP contribution is -2.22. The van der Waals surface area contributed by atoms with Gasteiger partial charge in [-0.25, -0.2) is 4.79 Å². The third-order valence-corrected chi connectivity index (χ3v) is 2.47. The summed E-state index contributed by atoms with van der Waals surface area (Å²) in [5.41, 5.74) is 0.815. The van der Waals surface area contributed by atoms with Gasteiger partial charge in [0.15, 0.2) is 6.10 Å². The second-order valence-corrected chi connectivity index (χ2v) is 3.57. The van der Waals surface area contributed by atoms with Crippen molar-refractivity contribution < 1.29 is 15.0 Å². The zero-order valence-electron chi connectivity index (χ0n) is 8.50. The van der Waals surface area contributed by atoms with Gasteiger partial charge in [-0.2, -0.15) is 0 Å². The lowest BCUT2D eigenvalue weighted by Gasteiger charge is -2.08. The molecular weight excluding hydrogens is 206 g/mol. The Bertz CT molecular complexity index is 519. The molecule has 0 bridgehead atoms. The van der Waals surface area contributed by atoms with Crippen LogP contribution in [0.2, 0.25) is 0 Å². The van der Waals surface area contributed by atoms with Gasteiger partial charge in [-0.05, 0) is 17.0 Å². The molecule has 0 aliphatic rings. The van der Waals surface area contributed by atoms with Crippen LogP contribution in [-0.4, -0.2) is 27.3 Å². The van der Waals surface area contributed by atoms with E-state index in [0.29, 0.717) is 0 Å². The first kappa shape index (κ1) is 10.6. The van der Waals surface area contributed by atoms with E-state index in [2.05, 4.69) is 4.98 Å². The fraction of sp³-hybridized carbons (Fsp3) is 0.167. The number of aliphatic hydroxyl groups excluding tert-OH is 1. The maximum absolute atomic E-state index is 10.6. The average Bonchev–Trinajstić information content (AvgIpc) is 2.29. The zero-order valence-corrected chi connectivity index (χ0v) is 8.50. The third kappa shape index (κ3) is 2.01. The molecule has 0 amide bonds. The van der Waals surface area contributed by atoms with Gasteiger partial charge < -0.3 is 10.2 Å². The highest BCUT2D eigenvalue weighted by molar-refractivity contribution is 5.85. The van der Waals surface area contributed by atoms with Gasteiger partial charge in [0.25, 0.3) is 0 Å². The van der Waals surface area contributed by atoms with Crippen molar-refractivity contribution in [2.45, 2.75) is 12.5 Å². The van der Waals surface area contributed by atoms with Gasteiger partial charge in [-0.1, -0.05) is 18.2 Å². The first-order valence-electron chi connectivity index (χ1n) is 4.91. The van der Waals surface area contributed by atoms with Crippen LogP contribution in [0.1, 0.15) is 5.56 Å². The van der Waals surface area contributed by atoms with Gasteiger partial charge in [-0.3, -0.25) is 4.98 Å². The maximum Gasteiger partial charge on any atom is 0.332 e. The standard InChI is InChI=1S/C12H11NO3/c14-11(12(15)16)6-8-2-1-3-9-7-13-5-4-10(8)9/h1-5,7,11,14H,6H2,(H,15,16). The van der Waals surface area contributed by atoms with Gasteiger partial charge in [-0.15, -0.1) is 0 Å². The fourth-order valence-corrected chi connectivity index (χ4v) is 1.66. The minimum absolute atomic E-state index is 0.108. The predicted molar refractivity (Wildman–Crippen MR) is 59.1 cm³/mol. The molecule has 0 fully saturated rings. The van der Waals surface area contributed by atoms with Crippen molar-refractivity contribution in [2.75, 3.05) is 0 Å². The topological polar surface area (TPSA) is 70.4 Å². The van der Waals surface area contributed by atoms with Crippen molar-refractivity contribution in [3.05, 3.63) is 42.2 Å². The molecule has 2 N–H and O–H groups in total. The summed E-state index contributed by atoms with van der Waals surface area (Å²) in [7, 11) is 0. The maximum atomic E-state index is 10.6. The Kier molecular flexibility index (Phi) is 2.83. The number of nitrogens with zero attached hydrogens (tertiary/aromatic N) is 1. The first-order valence-corrected chi connectivity index (χ1v) is 4.91. The van der Waals surface area contributed by atoms with E-state index in [0.717, 1.165) is 16.3 Å². The normalized spacial score (nSPS) is 12.6. The minimum atomic E-state index is -1.36. The third-order valence-electron chi connectivity index (χ3n) is 2.47. The van der Waals surface area contributed by atoms with E-state index < -0.39 is 12.1 Å². The number of carboxylic acid groups (broad SMARTS) is 1. The molecule has 4 nitrogen and oxygen atoms in total. The van der Waals surface area contributed by atoms with Gasteiger partial charge in [0.1, 0.15) is 0 Å². The molecule has 0 spiro atoms. The molecule has 1 aromatic heterocycles. The summed E-state index contributed by atoms with van der Waals surface area (Å²) in [5, 5.41) is 19.8. The van der Waals surface area contributed by atoms with Crippen LogP contribution < -0.4 is 0 Å². The Morgan fingerprint density at radius 2 is 2.19 bits per heavy atom. The Hall–Kier alpha value is -1.94. The number of hydrogen-bond donors (Lipinski definition) is 2. The van der Waals surface area contributed by atoms with Crippen molar-refractivity contribution in [1.82, 2.24) is 4.98 Å². The molecule has 1 unspecified atom stereocenters. The Morgan fingerprint density at radius 1 is 1.38 bits per heavy atom. The van der Waals surface area contributed by atoms with E-state index in [1.165, 1.54) is 0 Å². The van der Waals surface area contributed by atoms with Crippen LogP contribution in [-0.2, 0) is 11.2 Å². The molecule has 2 aromatic rings. The molecule has 0 aliphatic heterocycles. The van der Waals surface area contributed by atoms with Crippen LogP contribution in [0, 0.1) is 0 Å². The van der Waals surface area contributed by atoms with Gasteiger partial charge in [0.05, 0.1) is 0 Å². The molecular formula is C12H11NO3. The highest BCUT2D eigenvalue weighted by Crippen LogP contribution is 2.18. The molecule has 1 aromatic carbocycles. The van der Waals surface area contributed by atoms with E-state index in [1.54, 1.807) is 12.4 Å². The van der Waals surface area contributed by atoms with Crippen LogP contribution in [0.5, 0.6) is 0 Å². The Labute approximate surface area is 92.2 Å². The van der Waals surface area contributed by atoms with E-state index >= 15 is 0 Å². The molecule has 0 aliphatic carbocycles. The number of carboxylic acids is 1. The molecule has 0 saturated heterocycles. The molecule has 0 saturated carbocycles. The number of fused-ring (bicyclic) bond motifs is 1. The molecule has 82 valence electrons. The molecule has 4 heteroatoms. The number of aliphatic hydroxyl groups is 1. The number of aliphatic carboxylic acids is 1. The van der Waals surface area contributed by atoms with Crippen LogP contribution in [0.3, 0.4) is 0 Å². The Balaban J connectivity index is 2.41. The summed E-state index contributed by atoms with van der Waals surface area (Å²) in [5.74, 6) is -1.20. The smallest absolute Gasteiger partial charge is 0.332 e. The zero-order chi connectivity index (χ0) is 11.5. The molecule has 1 atom stereocenters. The SMILES string of the molecule is O=C(O)C(O)Cc1cccc2cnccc12. The molecule has 2 rings (SSSR count). The number of pyridine rings is 1. The highest BCUT2D eigenvalue weighted by Gasteiger charge is 2.14. The van der Waals surface area contributed by atoms with Gasteiger partial charge in [0.2, 0.25) is 0 Å². The number of hydrogen-bond acceptors (Lipinski definition) is 3. The largest absolute Gasteiger partial charge is 0.479 e. The van der Waals surface area contributed by atoms with Crippen molar-refractivity contribution >= 4 is 16.7 Å². The minimum Gasteiger partial charge on any atom is -0.479 e. The number of carbonyl (C=O) groups is 1. The lowest BCUT2D eigenvalue weighted by molar-refractivity contribution is -0.146. The van der Waals surface area contributed by atoms with Crippen LogP contribution in [0.4, 0.5) is 0 Å². The first-order chi connectivity index (χ1) is 7.68. The second kappa shape index (κ2) is 4.28. The van der Waals surface area contributed by atoms with Crippen LogP contribution in [0.15, 0.2) is 36.7 Å². The fourth-order valence-electron chi connectivity index (χ4n) is 1.66.